The van der Waals surface area contributed by atoms with Gasteiger partial charge in [0.1, 0.15) is 0 Å². The Kier molecular flexibility index (Phi) is 6.51. The molecule has 1 aromatic rings. The highest BCUT2D eigenvalue weighted by atomic mass is 35.5. The van der Waals surface area contributed by atoms with Crippen molar-refractivity contribution < 1.29 is 0 Å². The van der Waals surface area contributed by atoms with Crippen molar-refractivity contribution in [1.82, 2.24) is 0 Å². The van der Waals surface area contributed by atoms with E-state index in [1.165, 1.54) is 0 Å². The summed E-state index contributed by atoms with van der Waals surface area (Å²) in [6.07, 6.45) is 0. The number of benzene rings is 1. The molecule has 0 unspecified atom stereocenters. The number of nitrogens with zero attached hydrogens (tertiary/aromatic N) is 3. The second kappa shape index (κ2) is 7.16. The number of anilines is 1. The fraction of sp³-hybridized carbons (Fsp3) is 0.400. The number of hydrogen-bond acceptors (Lipinski definition) is 3. The zero-order chi connectivity index (χ0) is 11.0. The molecule has 3 nitrogen and oxygen atoms in total. The summed E-state index contributed by atoms with van der Waals surface area (Å²) in [7, 11) is 0. The molecule has 1 rings (SSSR count). The third-order valence-electron chi connectivity index (χ3n) is 1.96. The third-order valence-corrected chi connectivity index (χ3v) is 2.28. The molecule has 0 saturated carbocycles. The highest BCUT2D eigenvalue weighted by molar-refractivity contribution is 6.33. The fourth-order valence-electron chi connectivity index (χ4n) is 1.27. The topological polar surface area (TPSA) is 50.8 Å². The van der Waals surface area contributed by atoms with Gasteiger partial charge in [-0.2, -0.15) is 0 Å². The van der Waals surface area contributed by atoms with Crippen LogP contribution in [0, 0.1) is 10.8 Å². The van der Waals surface area contributed by atoms with Gasteiger partial charge in [0.05, 0.1) is 10.7 Å². The lowest BCUT2D eigenvalue weighted by Gasteiger charge is -2.21. The number of para-hydroxylation sites is 1. The molecule has 0 fully saturated rings. The molecule has 4 heteroatoms. The Morgan fingerprint density at radius 1 is 1.14 bits per heavy atom. The standard InChI is InChI=1S/C10H14ClN.N2/c1-3-12(4-2)10-8-6-5-7-9(10)11;1-2/h5-8H,3-4H2,1-2H3;. The Labute approximate surface area is 89.7 Å². The summed E-state index contributed by atoms with van der Waals surface area (Å²) in [4.78, 5) is 2.24. The van der Waals surface area contributed by atoms with Crippen LogP contribution in [0.2, 0.25) is 5.02 Å². The first-order valence-electron chi connectivity index (χ1n) is 4.49. The molecule has 0 saturated heterocycles. The number of halogens is 1. The molecule has 0 aromatic heterocycles. The van der Waals surface area contributed by atoms with Crippen LogP contribution in [0.4, 0.5) is 5.69 Å². The van der Waals surface area contributed by atoms with Crippen molar-refractivity contribution in [2.75, 3.05) is 18.0 Å². The molecular formula is C10H14ClN3. The van der Waals surface area contributed by atoms with Crippen molar-refractivity contribution >= 4 is 17.3 Å². The molecule has 1 aromatic carbocycles. The van der Waals surface area contributed by atoms with Crippen LogP contribution in [-0.4, -0.2) is 13.1 Å². The van der Waals surface area contributed by atoms with Gasteiger partial charge in [-0.1, -0.05) is 23.7 Å². The van der Waals surface area contributed by atoms with Gasteiger partial charge in [-0.3, -0.25) is 0 Å². The summed E-state index contributed by atoms with van der Waals surface area (Å²) >= 11 is 6.03. The maximum Gasteiger partial charge on any atom is 0.0639 e. The predicted molar refractivity (Wildman–Crippen MR) is 58.5 cm³/mol. The molecule has 0 heterocycles. The molecule has 0 N–H and O–H groups in total. The Morgan fingerprint density at radius 2 is 1.64 bits per heavy atom. The minimum Gasteiger partial charge on any atom is -0.371 e. The maximum absolute atomic E-state index is 6.03. The zero-order valence-electron chi connectivity index (χ0n) is 8.44. The summed E-state index contributed by atoms with van der Waals surface area (Å²) in [5, 5.41) is 12.8. The van der Waals surface area contributed by atoms with Crippen LogP contribution >= 0.6 is 11.6 Å². The van der Waals surface area contributed by atoms with Crippen LogP contribution in [0.25, 0.3) is 0 Å². The van der Waals surface area contributed by atoms with Crippen LogP contribution in [0.3, 0.4) is 0 Å². The van der Waals surface area contributed by atoms with Crippen LogP contribution in [-0.2, 0) is 0 Å². The van der Waals surface area contributed by atoms with E-state index in [0.717, 1.165) is 23.8 Å². The monoisotopic (exact) mass is 211 g/mol. The molecule has 0 aliphatic heterocycles. The quantitative estimate of drug-likeness (QED) is 0.722. The highest BCUT2D eigenvalue weighted by Gasteiger charge is 2.04. The second-order valence-electron chi connectivity index (χ2n) is 2.62. The average Bonchev–Trinajstić information content (AvgIpc) is 2.25. The van der Waals surface area contributed by atoms with Crippen molar-refractivity contribution in [3.05, 3.63) is 29.3 Å². The van der Waals surface area contributed by atoms with Gasteiger partial charge in [-0.15, -0.1) is 0 Å². The van der Waals surface area contributed by atoms with E-state index in [4.69, 9.17) is 22.4 Å². The van der Waals surface area contributed by atoms with Gasteiger partial charge in [0, 0.05) is 23.9 Å². The molecule has 0 amide bonds. The molecule has 0 radical (unpaired) electrons. The van der Waals surface area contributed by atoms with E-state index >= 15 is 0 Å². The first-order chi connectivity index (χ1) is 6.79. The van der Waals surface area contributed by atoms with E-state index in [-0.39, 0.29) is 0 Å². The van der Waals surface area contributed by atoms with E-state index in [0.29, 0.717) is 0 Å². The van der Waals surface area contributed by atoms with Crippen LogP contribution < -0.4 is 4.90 Å². The normalized spacial score (nSPS) is 8.64. The summed E-state index contributed by atoms with van der Waals surface area (Å²) < 4.78 is 0. The number of hydrogen-bond donors (Lipinski definition) is 0. The largest absolute Gasteiger partial charge is 0.371 e. The predicted octanol–water partition coefficient (Wildman–Crippen LogP) is 3.22. The van der Waals surface area contributed by atoms with E-state index < -0.39 is 0 Å². The lowest BCUT2D eigenvalue weighted by Crippen LogP contribution is -2.21. The molecule has 76 valence electrons. The summed E-state index contributed by atoms with van der Waals surface area (Å²) in [5.41, 5.74) is 1.13. The summed E-state index contributed by atoms with van der Waals surface area (Å²) in [6, 6.07) is 7.94. The van der Waals surface area contributed by atoms with Gasteiger partial charge in [0.25, 0.3) is 0 Å². The van der Waals surface area contributed by atoms with Crippen molar-refractivity contribution in [1.29, 1.82) is 10.8 Å². The van der Waals surface area contributed by atoms with Crippen molar-refractivity contribution in [2.45, 2.75) is 13.8 Å². The Morgan fingerprint density at radius 3 is 2.07 bits per heavy atom. The smallest absolute Gasteiger partial charge is 0.0639 e. The van der Waals surface area contributed by atoms with Crippen LogP contribution in [0.15, 0.2) is 24.3 Å². The average molecular weight is 212 g/mol. The first kappa shape index (κ1) is 12.7. The van der Waals surface area contributed by atoms with Gasteiger partial charge in [-0.25, -0.2) is 0 Å². The van der Waals surface area contributed by atoms with Crippen LogP contribution in [0.5, 0.6) is 0 Å². The first-order valence-corrected chi connectivity index (χ1v) is 4.86. The maximum atomic E-state index is 6.03. The Balaban J connectivity index is 0.000000791. The van der Waals surface area contributed by atoms with E-state index in [1.54, 1.807) is 0 Å². The Bertz CT molecular complexity index is 282. The Hall–Kier alpha value is -1.27. The van der Waals surface area contributed by atoms with E-state index in [2.05, 4.69) is 24.8 Å². The van der Waals surface area contributed by atoms with Gasteiger partial charge in [0.2, 0.25) is 0 Å². The van der Waals surface area contributed by atoms with Crippen molar-refractivity contribution in [3.8, 4) is 0 Å². The van der Waals surface area contributed by atoms with E-state index in [1.807, 2.05) is 18.2 Å². The minimum absolute atomic E-state index is 0.834. The van der Waals surface area contributed by atoms with Gasteiger partial charge >= 0.3 is 0 Å². The lowest BCUT2D eigenvalue weighted by atomic mass is 10.3. The van der Waals surface area contributed by atoms with Gasteiger partial charge in [0.15, 0.2) is 0 Å². The lowest BCUT2D eigenvalue weighted by molar-refractivity contribution is 0.866. The third kappa shape index (κ3) is 3.23. The molecule has 14 heavy (non-hydrogen) atoms. The fourth-order valence-corrected chi connectivity index (χ4v) is 1.53. The van der Waals surface area contributed by atoms with Gasteiger partial charge in [-0.05, 0) is 26.0 Å². The second-order valence-corrected chi connectivity index (χ2v) is 3.03. The van der Waals surface area contributed by atoms with Crippen molar-refractivity contribution in [3.63, 3.8) is 0 Å². The van der Waals surface area contributed by atoms with Crippen molar-refractivity contribution in [2.24, 2.45) is 0 Å². The minimum atomic E-state index is 0.834. The molecule has 0 bridgehead atoms. The summed E-state index contributed by atoms with van der Waals surface area (Å²) in [6.45, 7) is 6.26. The van der Waals surface area contributed by atoms with E-state index in [9.17, 15) is 0 Å². The molecule has 0 aliphatic rings. The highest BCUT2D eigenvalue weighted by Crippen LogP contribution is 2.24. The van der Waals surface area contributed by atoms with Crippen LogP contribution in [0.1, 0.15) is 13.8 Å². The molecule has 0 aliphatic carbocycles. The van der Waals surface area contributed by atoms with Gasteiger partial charge < -0.3 is 4.90 Å². The molecule has 0 atom stereocenters. The molecule has 0 spiro atoms. The molecular weight excluding hydrogens is 198 g/mol. The SMILES string of the molecule is CCN(CC)c1ccccc1Cl.N#N. The number of rotatable bonds is 3. The zero-order valence-corrected chi connectivity index (χ0v) is 9.20. The summed E-state index contributed by atoms with van der Waals surface area (Å²) in [5.74, 6) is 0.